The Morgan fingerprint density at radius 1 is 1.07 bits per heavy atom. The SMILES string of the molecule is CCn1c(C)cc(/C=C2\C(=O)NC(=S)N(c3ccc(C)c(C)c3)C2=O)c1C. The second kappa shape index (κ2) is 7.12. The highest BCUT2D eigenvalue weighted by molar-refractivity contribution is 7.80. The maximum atomic E-state index is 13.1. The van der Waals surface area contributed by atoms with E-state index in [-0.39, 0.29) is 10.7 Å². The number of benzene rings is 1. The minimum Gasteiger partial charge on any atom is -0.349 e. The van der Waals surface area contributed by atoms with Crippen LogP contribution in [0.15, 0.2) is 29.8 Å². The van der Waals surface area contributed by atoms with Crippen LogP contribution in [0.4, 0.5) is 5.69 Å². The molecular formula is C21H23N3O2S. The topological polar surface area (TPSA) is 54.3 Å². The molecule has 5 nitrogen and oxygen atoms in total. The number of hydrogen-bond acceptors (Lipinski definition) is 3. The van der Waals surface area contributed by atoms with Crippen LogP contribution in [-0.4, -0.2) is 21.5 Å². The molecule has 3 rings (SSSR count). The Bertz CT molecular complexity index is 1000. The van der Waals surface area contributed by atoms with Crippen LogP contribution < -0.4 is 10.2 Å². The highest BCUT2D eigenvalue weighted by atomic mass is 32.1. The molecule has 1 aliphatic rings. The Morgan fingerprint density at radius 3 is 2.37 bits per heavy atom. The van der Waals surface area contributed by atoms with E-state index >= 15 is 0 Å². The van der Waals surface area contributed by atoms with Crippen LogP contribution in [-0.2, 0) is 16.1 Å². The van der Waals surface area contributed by atoms with Gasteiger partial charge in [0.05, 0.1) is 5.69 Å². The molecule has 1 aromatic carbocycles. The summed E-state index contributed by atoms with van der Waals surface area (Å²) in [6, 6.07) is 7.66. The average Bonchev–Trinajstić information content (AvgIpc) is 2.87. The fraction of sp³-hybridized carbons (Fsp3) is 0.286. The number of aryl methyl sites for hydroxylation is 3. The summed E-state index contributed by atoms with van der Waals surface area (Å²) < 4.78 is 2.14. The van der Waals surface area contributed by atoms with Gasteiger partial charge in [0.15, 0.2) is 5.11 Å². The molecule has 1 aliphatic heterocycles. The molecule has 2 amide bonds. The van der Waals surface area contributed by atoms with Crippen LogP contribution in [0.5, 0.6) is 0 Å². The minimum atomic E-state index is -0.466. The lowest BCUT2D eigenvalue weighted by Crippen LogP contribution is -2.54. The summed E-state index contributed by atoms with van der Waals surface area (Å²) in [6.45, 7) is 10.9. The van der Waals surface area contributed by atoms with Gasteiger partial charge in [-0.3, -0.25) is 19.8 Å². The second-order valence-corrected chi connectivity index (χ2v) is 7.18. The van der Waals surface area contributed by atoms with E-state index in [1.165, 1.54) is 4.90 Å². The number of thiocarbonyl (C=S) groups is 1. The molecule has 0 bridgehead atoms. The number of anilines is 1. The molecule has 0 radical (unpaired) electrons. The predicted molar refractivity (Wildman–Crippen MR) is 112 cm³/mol. The van der Waals surface area contributed by atoms with Gasteiger partial charge >= 0.3 is 0 Å². The third-order valence-corrected chi connectivity index (χ3v) is 5.36. The Hall–Kier alpha value is -2.73. The molecule has 0 atom stereocenters. The molecule has 0 saturated carbocycles. The molecule has 0 spiro atoms. The van der Waals surface area contributed by atoms with Crippen molar-refractivity contribution < 1.29 is 9.59 Å². The molecular weight excluding hydrogens is 358 g/mol. The van der Waals surface area contributed by atoms with Crippen LogP contribution >= 0.6 is 12.2 Å². The molecule has 1 fully saturated rings. The lowest BCUT2D eigenvalue weighted by molar-refractivity contribution is -0.122. The van der Waals surface area contributed by atoms with Crippen molar-refractivity contribution in [2.75, 3.05) is 4.90 Å². The van der Waals surface area contributed by atoms with Crippen LogP contribution in [0.3, 0.4) is 0 Å². The normalized spacial score (nSPS) is 16.3. The standard InChI is InChI=1S/C21H23N3O2S/c1-6-23-14(4)10-16(15(23)5)11-18-19(25)22-21(27)24(20(18)26)17-8-7-12(2)13(3)9-17/h7-11H,6H2,1-5H3,(H,22,25,27)/b18-11+. The molecule has 140 valence electrons. The lowest BCUT2D eigenvalue weighted by atomic mass is 10.1. The Kier molecular flexibility index (Phi) is 5.02. The third kappa shape index (κ3) is 3.32. The Balaban J connectivity index is 2.06. The highest BCUT2D eigenvalue weighted by Gasteiger charge is 2.34. The van der Waals surface area contributed by atoms with E-state index in [0.717, 1.165) is 34.6 Å². The zero-order valence-electron chi connectivity index (χ0n) is 16.2. The summed E-state index contributed by atoms with van der Waals surface area (Å²) in [5, 5.41) is 2.74. The summed E-state index contributed by atoms with van der Waals surface area (Å²) >= 11 is 5.27. The maximum Gasteiger partial charge on any atom is 0.270 e. The van der Waals surface area contributed by atoms with Crippen LogP contribution in [0.25, 0.3) is 6.08 Å². The zero-order chi connectivity index (χ0) is 19.9. The zero-order valence-corrected chi connectivity index (χ0v) is 17.0. The summed E-state index contributed by atoms with van der Waals surface area (Å²) in [4.78, 5) is 27.0. The highest BCUT2D eigenvalue weighted by Crippen LogP contribution is 2.25. The van der Waals surface area contributed by atoms with Crippen LogP contribution in [0.1, 0.15) is 35.0 Å². The Labute approximate surface area is 164 Å². The molecule has 2 heterocycles. The number of nitrogens with one attached hydrogen (secondary N) is 1. The number of aromatic nitrogens is 1. The number of hydrogen-bond donors (Lipinski definition) is 1. The van der Waals surface area contributed by atoms with Crippen molar-refractivity contribution in [3.05, 3.63) is 57.9 Å². The lowest BCUT2D eigenvalue weighted by Gasteiger charge is -2.29. The number of carbonyl (C=O) groups is 2. The first-order valence-corrected chi connectivity index (χ1v) is 9.30. The van der Waals surface area contributed by atoms with E-state index in [4.69, 9.17) is 12.2 Å². The molecule has 2 aromatic rings. The van der Waals surface area contributed by atoms with E-state index in [0.29, 0.717) is 5.69 Å². The number of amides is 2. The van der Waals surface area contributed by atoms with Gasteiger partial charge in [-0.1, -0.05) is 6.07 Å². The largest absolute Gasteiger partial charge is 0.349 e. The summed E-state index contributed by atoms with van der Waals surface area (Å²) in [6.07, 6.45) is 1.65. The molecule has 1 saturated heterocycles. The minimum absolute atomic E-state index is 0.0816. The average molecular weight is 382 g/mol. The molecule has 27 heavy (non-hydrogen) atoms. The second-order valence-electron chi connectivity index (χ2n) is 6.80. The van der Waals surface area contributed by atoms with Crippen molar-refractivity contribution in [3.8, 4) is 0 Å². The van der Waals surface area contributed by atoms with Gasteiger partial charge in [0.1, 0.15) is 5.57 Å². The van der Waals surface area contributed by atoms with Crippen molar-refractivity contribution in [3.63, 3.8) is 0 Å². The van der Waals surface area contributed by atoms with E-state index in [2.05, 4.69) is 16.8 Å². The van der Waals surface area contributed by atoms with Crippen molar-refractivity contribution in [2.45, 2.75) is 41.2 Å². The summed E-state index contributed by atoms with van der Waals surface area (Å²) in [5.41, 5.74) is 5.89. The van der Waals surface area contributed by atoms with Gasteiger partial charge in [0, 0.05) is 17.9 Å². The third-order valence-electron chi connectivity index (χ3n) is 5.08. The monoisotopic (exact) mass is 381 g/mol. The summed E-state index contributed by atoms with van der Waals surface area (Å²) in [5.74, 6) is -0.875. The number of carbonyl (C=O) groups excluding carboxylic acids is 2. The van der Waals surface area contributed by atoms with E-state index in [1.54, 1.807) is 6.08 Å². The van der Waals surface area contributed by atoms with Gasteiger partial charge in [-0.15, -0.1) is 0 Å². The summed E-state index contributed by atoms with van der Waals surface area (Å²) in [7, 11) is 0. The van der Waals surface area contributed by atoms with Gasteiger partial charge in [-0.25, -0.2) is 0 Å². The van der Waals surface area contributed by atoms with Gasteiger partial charge in [0.2, 0.25) is 0 Å². The fourth-order valence-corrected chi connectivity index (χ4v) is 3.65. The molecule has 1 N–H and O–H groups in total. The van der Waals surface area contributed by atoms with Crippen LogP contribution in [0, 0.1) is 27.7 Å². The molecule has 6 heteroatoms. The Morgan fingerprint density at radius 2 is 1.78 bits per heavy atom. The first kappa shape index (κ1) is 19.0. The van der Waals surface area contributed by atoms with E-state index in [1.807, 2.05) is 52.0 Å². The van der Waals surface area contributed by atoms with Crippen molar-refractivity contribution in [1.29, 1.82) is 0 Å². The number of rotatable bonds is 3. The fourth-order valence-electron chi connectivity index (χ4n) is 3.37. The van der Waals surface area contributed by atoms with Gasteiger partial charge in [-0.2, -0.15) is 0 Å². The first-order valence-electron chi connectivity index (χ1n) is 8.90. The van der Waals surface area contributed by atoms with E-state index in [9.17, 15) is 9.59 Å². The van der Waals surface area contributed by atoms with Crippen molar-refractivity contribution in [2.24, 2.45) is 0 Å². The predicted octanol–water partition coefficient (Wildman–Crippen LogP) is 3.57. The smallest absolute Gasteiger partial charge is 0.270 e. The number of nitrogens with zero attached hydrogens (tertiary/aromatic N) is 2. The molecule has 0 unspecified atom stereocenters. The van der Waals surface area contributed by atoms with Gasteiger partial charge in [-0.05, 0) is 87.8 Å². The first-order chi connectivity index (χ1) is 12.7. The maximum absolute atomic E-state index is 13.1. The van der Waals surface area contributed by atoms with E-state index < -0.39 is 11.8 Å². The molecule has 1 aromatic heterocycles. The van der Waals surface area contributed by atoms with Gasteiger partial charge in [0.25, 0.3) is 11.8 Å². The molecule has 0 aliphatic carbocycles. The van der Waals surface area contributed by atoms with Crippen molar-refractivity contribution >= 4 is 40.9 Å². The van der Waals surface area contributed by atoms with Crippen molar-refractivity contribution in [1.82, 2.24) is 9.88 Å². The van der Waals surface area contributed by atoms with Crippen LogP contribution in [0.2, 0.25) is 0 Å². The quantitative estimate of drug-likeness (QED) is 0.502. The van der Waals surface area contributed by atoms with Gasteiger partial charge < -0.3 is 4.57 Å².